The normalized spacial score (nSPS) is 19.6. The number of guanidine groups is 1. The van der Waals surface area contributed by atoms with Gasteiger partial charge in [-0.3, -0.25) is 0 Å². The Bertz CT molecular complexity index is 464. The molecule has 1 aromatic heterocycles. The second-order valence-electron chi connectivity index (χ2n) is 6.26. The van der Waals surface area contributed by atoms with Gasteiger partial charge in [-0.2, -0.15) is 0 Å². The maximum Gasteiger partial charge on any atom is 0.194 e. The number of aromatic nitrogens is 3. The average molecular weight is 292 g/mol. The predicted molar refractivity (Wildman–Crippen MR) is 85.0 cm³/mol. The number of hydrogen-bond donors (Lipinski definition) is 1. The molecular formula is C15H28N6. The number of rotatable bonds is 5. The third kappa shape index (κ3) is 4.44. The van der Waals surface area contributed by atoms with Crippen LogP contribution >= 0.6 is 0 Å². The Morgan fingerprint density at radius 2 is 2.33 bits per heavy atom. The molecule has 6 nitrogen and oxygen atoms in total. The summed E-state index contributed by atoms with van der Waals surface area (Å²) < 4.78 is 1.92. The first kappa shape index (κ1) is 15.8. The van der Waals surface area contributed by atoms with Gasteiger partial charge in [0.2, 0.25) is 0 Å². The molecule has 0 aliphatic carbocycles. The molecule has 1 saturated heterocycles. The summed E-state index contributed by atoms with van der Waals surface area (Å²) in [7, 11) is 1.95. The summed E-state index contributed by atoms with van der Waals surface area (Å²) >= 11 is 0. The molecule has 1 N–H and O–H groups in total. The van der Waals surface area contributed by atoms with Crippen molar-refractivity contribution >= 4 is 5.96 Å². The second-order valence-corrected chi connectivity index (χ2v) is 6.26. The summed E-state index contributed by atoms with van der Waals surface area (Å²) in [5, 5.41) is 11.4. The first-order chi connectivity index (χ1) is 10.1. The molecule has 2 heterocycles. The lowest BCUT2D eigenvalue weighted by atomic mass is 9.97. The maximum absolute atomic E-state index is 4.72. The fourth-order valence-electron chi connectivity index (χ4n) is 2.91. The van der Waals surface area contributed by atoms with E-state index in [-0.39, 0.29) is 0 Å². The number of aliphatic imine (C=N–C) groups is 1. The van der Waals surface area contributed by atoms with Crippen LogP contribution in [0.4, 0.5) is 0 Å². The summed E-state index contributed by atoms with van der Waals surface area (Å²) in [6.07, 6.45) is 4.29. The third-order valence-corrected chi connectivity index (χ3v) is 3.90. The molecule has 1 aliphatic heterocycles. The smallest absolute Gasteiger partial charge is 0.194 e. The molecule has 1 fully saturated rings. The van der Waals surface area contributed by atoms with E-state index < -0.39 is 0 Å². The van der Waals surface area contributed by atoms with Crippen LogP contribution in [0.15, 0.2) is 11.3 Å². The summed E-state index contributed by atoms with van der Waals surface area (Å²) in [4.78, 5) is 7.10. The Balaban J connectivity index is 1.97. The number of nitrogens with one attached hydrogen (secondary N) is 1. The van der Waals surface area contributed by atoms with Crippen LogP contribution in [0.25, 0.3) is 0 Å². The molecule has 0 radical (unpaired) electrons. The molecule has 0 saturated carbocycles. The largest absolute Gasteiger partial charge is 0.357 e. The van der Waals surface area contributed by atoms with E-state index in [9.17, 15) is 0 Å². The predicted octanol–water partition coefficient (Wildman–Crippen LogP) is 1.65. The van der Waals surface area contributed by atoms with Gasteiger partial charge in [0.15, 0.2) is 11.8 Å². The van der Waals surface area contributed by atoms with Crippen molar-refractivity contribution in [2.75, 3.05) is 19.6 Å². The van der Waals surface area contributed by atoms with Crippen LogP contribution in [0.5, 0.6) is 0 Å². The average Bonchev–Trinajstić information content (AvgIpc) is 3.03. The van der Waals surface area contributed by atoms with E-state index in [1.807, 2.05) is 11.6 Å². The zero-order valence-electron chi connectivity index (χ0n) is 13.7. The van der Waals surface area contributed by atoms with Gasteiger partial charge >= 0.3 is 0 Å². The van der Waals surface area contributed by atoms with Crippen molar-refractivity contribution in [3.05, 3.63) is 12.2 Å². The number of likely N-dealkylation sites (tertiary alicyclic amines) is 1. The van der Waals surface area contributed by atoms with Gasteiger partial charge in [0.05, 0.1) is 0 Å². The van der Waals surface area contributed by atoms with Gasteiger partial charge in [0.1, 0.15) is 12.9 Å². The summed E-state index contributed by atoms with van der Waals surface area (Å²) in [6.45, 7) is 10.4. The van der Waals surface area contributed by atoms with E-state index in [1.165, 1.54) is 12.8 Å². The standard InChI is InChI=1S/C15H28N6/c1-5-16-15(17-9-14-19-18-11-20(14)4)21-7-6-13(10-21)8-12(2)3/h11-13H,5-10H2,1-4H3,(H,16,17). The van der Waals surface area contributed by atoms with Crippen molar-refractivity contribution in [1.29, 1.82) is 0 Å². The molecule has 0 bridgehead atoms. The van der Waals surface area contributed by atoms with Crippen LogP contribution in [0.1, 0.15) is 39.4 Å². The van der Waals surface area contributed by atoms with E-state index in [1.54, 1.807) is 6.33 Å². The third-order valence-electron chi connectivity index (χ3n) is 3.90. The molecule has 0 aromatic carbocycles. The molecule has 1 atom stereocenters. The van der Waals surface area contributed by atoms with Crippen molar-refractivity contribution < 1.29 is 0 Å². The summed E-state index contributed by atoms with van der Waals surface area (Å²) in [5.41, 5.74) is 0. The minimum Gasteiger partial charge on any atom is -0.357 e. The fourth-order valence-corrected chi connectivity index (χ4v) is 2.91. The molecule has 1 aliphatic rings. The molecular weight excluding hydrogens is 264 g/mol. The highest BCUT2D eigenvalue weighted by molar-refractivity contribution is 5.80. The number of nitrogens with zero attached hydrogens (tertiary/aromatic N) is 5. The lowest BCUT2D eigenvalue weighted by Crippen LogP contribution is -2.40. The van der Waals surface area contributed by atoms with Gasteiger partial charge in [0, 0.05) is 26.7 Å². The van der Waals surface area contributed by atoms with Crippen LogP contribution < -0.4 is 5.32 Å². The topological polar surface area (TPSA) is 58.3 Å². The van der Waals surface area contributed by atoms with Gasteiger partial charge in [-0.25, -0.2) is 4.99 Å². The van der Waals surface area contributed by atoms with E-state index in [4.69, 9.17) is 4.99 Å². The van der Waals surface area contributed by atoms with E-state index in [2.05, 4.69) is 41.2 Å². The van der Waals surface area contributed by atoms with Gasteiger partial charge < -0.3 is 14.8 Å². The molecule has 1 unspecified atom stereocenters. The van der Waals surface area contributed by atoms with Gasteiger partial charge in [-0.1, -0.05) is 13.8 Å². The minimum absolute atomic E-state index is 0.574. The van der Waals surface area contributed by atoms with E-state index >= 15 is 0 Å². The molecule has 118 valence electrons. The quantitative estimate of drug-likeness (QED) is 0.662. The van der Waals surface area contributed by atoms with Crippen LogP contribution in [0.2, 0.25) is 0 Å². The number of hydrogen-bond acceptors (Lipinski definition) is 3. The Kier molecular flexibility index (Phi) is 5.59. The zero-order chi connectivity index (χ0) is 15.2. The van der Waals surface area contributed by atoms with E-state index in [0.717, 1.165) is 43.3 Å². The monoisotopic (exact) mass is 292 g/mol. The van der Waals surface area contributed by atoms with E-state index in [0.29, 0.717) is 6.54 Å². The minimum atomic E-state index is 0.574. The van der Waals surface area contributed by atoms with Crippen LogP contribution in [0.3, 0.4) is 0 Å². The molecule has 21 heavy (non-hydrogen) atoms. The molecule has 0 spiro atoms. The van der Waals surface area contributed by atoms with Crippen molar-refractivity contribution in [2.45, 2.75) is 40.2 Å². The SMILES string of the molecule is CCNC(=NCc1nncn1C)N1CCC(CC(C)C)C1. The summed E-state index contributed by atoms with van der Waals surface area (Å²) in [5.74, 6) is 3.46. The summed E-state index contributed by atoms with van der Waals surface area (Å²) in [6, 6.07) is 0. The second kappa shape index (κ2) is 7.43. The Hall–Kier alpha value is -1.59. The molecule has 2 rings (SSSR count). The Morgan fingerprint density at radius 3 is 2.95 bits per heavy atom. The molecule has 1 aromatic rings. The molecule has 0 amide bonds. The fraction of sp³-hybridized carbons (Fsp3) is 0.800. The van der Waals surface area contributed by atoms with Gasteiger partial charge in [0.25, 0.3) is 0 Å². The van der Waals surface area contributed by atoms with Crippen molar-refractivity contribution in [1.82, 2.24) is 25.0 Å². The Labute approximate surface area is 127 Å². The first-order valence-corrected chi connectivity index (χ1v) is 7.96. The van der Waals surface area contributed by atoms with Gasteiger partial charge in [-0.15, -0.1) is 10.2 Å². The zero-order valence-corrected chi connectivity index (χ0v) is 13.7. The highest BCUT2D eigenvalue weighted by Gasteiger charge is 2.25. The first-order valence-electron chi connectivity index (χ1n) is 7.96. The lowest BCUT2D eigenvalue weighted by Gasteiger charge is -2.22. The highest BCUT2D eigenvalue weighted by Crippen LogP contribution is 2.23. The van der Waals surface area contributed by atoms with Crippen molar-refractivity contribution in [2.24, 2.45) is 23.9 Å². The van der Waals surface area contributed by atoms with Crippen LogP contribution in [0, 0.1) is 11.8 Å². The van der Waals surface area contributed by atoms with Crippen LogP contribution in [-0.2, 0) is 13.6 Å². The van der Waals surface area contributed by atoms with Crippen molar-refractivity contribution in [3.8, 4) is 0 Å². The highest BCUT2D eigenvalue weighted by atomic mass is 15.3. The number of aryl methyl sites for hydroxylation is 1. The van der Waals surface area contributed by atoms with Crippen molar-refractivity contribution in [3.63, 3.8) is 0 Å². The lowest BCUT2D eigenvalue weighted by molar-refractivity contribution is 0.403. The maximum atomic E-state index is 4.72. The van der Waals surface area contributed by atoms with Crippen LogP contribution in [-0.4, -0.2) is 45.3 Å². The molecule has 6 heteroatoms. The Morgan fingerprint density at radius 1 is 1.52 bits per heavy atom. The van der Waals surface area contributed by atoms with Gasteiger partial charge in [-0.05, 0) is 31.6 Å².